The van der Waals surface area contributed by atoms with Gasteiger partial charge in [0.05, 0.1) is 5.52 Å². The van der Waals surface area contributed by atoms with Gasteiger partial charge >= 0.3 is 0 Å². The minimum Gasteiger partial charge on any atom is -0.313 e. The van der Waals surface area contributed by atoms with Gasteiger partial charge in [-0.05, 0) is 29.2 Å². The minimum absolute atomic E-state index is 0.0371. The van der Waals surface area contributed by atoms with E-state index >= 15 is 0 Å². The summed E-state index contributed by atoms with van der Waals surface area (Å²) in [7, 11) is 0. The van der Waals surface area contributed by atoms with Gasteiger partial charge in [-0.25, -0.2) is 0 Å². The Hall–Kier alpha value is -2.87. The van der Waals surface area contributed by atoms with E-state index in [-0.39, 0.29) is 11.2 Å². The lowest BCUT2D eigenvalue weighted by atomic mass is 9.86. The van der Waals surface area contributed by atoms with E-state index in [1.165, 1.54) is 5.56 Å². The first-order valence-electron chi connectivity index (χ1n) is 8.60. The van der Waals surface area contributed by atoms with Crippen molar-refractivity contribution in [3.8, 4) is 0 Å². The summed E-state index contributed by atoms with van der Waals surface area (Å²) in [5.41, 5.74) is 3.79. The molecule has 0 unspecified atom stereocenters. The SMILES string of the molecule is CC(C)(C)c1ccc2c(c1)c(C(=O)c1ccccc1)n1ccccc21. The average molecular weight is 327 g/mol. The second-order valence-electron chi connectivity index (χ2n) is 7.51. The summed E-state index contributed by atoms with van der Waals surface area (Å²) in [4.78, 5) is 13.3. The number of hydrogen-bond acceptors (Lipinski definition) is 1. The van der Waals surface area contributed by atoms with E-state index in [0.717, 1.165) is 22.0 Å². The monoisotopic (exact) mass is 327 g/mol. The molecule has 0 aliphatic heterocycles. The Labute approximate surface area is 147 Å². The van der Waals surface area contributed by atoms with Gasteiger partial charge in [-0.15, -0.1) is 0 Å². The zero-order valence-corrected chi connectivity index (χ0v) is 14.8. The van der Waals surface area contributed by atoms with E-state index in [1.807, 2.05) is 53.1 Å². The summed E-state index contributed by atoms with van der Waals surface area (Å²) in [6.07, 6.45) is 1.97. The lowest BCUT2D eigenvalue weighted by molar-refractivity contribution is 0.103. The third-order valence-corrected chi connectivity index (χ3v) is 4.77. The number of benzene rings is 2. The minimum atomic E-state index is 0.0371. The summed E-state index contributed by atoms with van der Waals surface area (Å²) in [5, 5.41) is 2.14. The first kappa shape index (κ1) is 15.6. The van der Waals surface area contributed by atoms with Crippen molar-refractivity contribution in [3.05, 3.63) is 89.7 Å². The van der Waals surface area contributed by atoms with Crippen LogP contribution in [-0.4, -0.2) is 10.2 Å². The van der Waals surface area contributed by atoms with Crippen LogP contribution in [0.4, 0.5) is 0 Å². The first-order valence-corrected chi connectivity index (χ1v) is 8.60. The maximum absolute atomic E-state index is 13.3. The van der Waals surface area contributed by atoms with Crippen LogP contribution in [0.3, 0.4) is 0 Å². The van der Waals surface area contributed by atoms with Crippen molar-refractivity contribution >= 4 is 22.1 Å². The van der Waals surface area contributed by atoms with Crippen LogP contribution < -0.4 is 0 Å². The van der Waals surface area contributed by atoms with Gasteiger partial charge in [0.15, 0.2) is 0 Å². The maximum Gasteiger partial charge on any atom is 0.210 e. The Morgan fingerprint density at radius 3 is 2.28 bits per heavy atom. The molecule has 4 aromatic rings. The fraction of sp³-hybridized carbons (Fsp3) is 0.174. The lowest BCUT2D eigenvalue weighted by Gasteiger charge is -2.19. The van der Waals surface area contributed by atoms with Crippen LogP contribution in [0, 0.1) is 0 Å². The predicted octanol–water partition coefficient (Wildman–Crippen LogP) is 5.62. The molecule has 2 aromatic carbocycles. The number of pyridine rings is 1. The highest BCUT2D eigenvalue weighted by atomic mass is 16.1. The molecule has 124 valence electrons. The topological polar surface area (TPSA) is 21.5 Å². The molecule has 4 rings (SSSR count). The molecule has 0 saturated heterocycles. The molecule has 0 aliphatic carbocycles. The summed E-state index contributed by atoms with van der Waals surface area (Å²) < 4.78 is 2.02. The molecule has 2 nitrogen and oxygen atoms in total. The summed E-state index contributed by atoms with van der Waals surface area (Å²) >= 11 is 0. The highest BCUT2D eigenvalue weighted by Gasteiger charge is 2.21. The Morgan fingerprint density at radius 1 is 0.840 bits per heavy atom. The molecular formula is C23H21NO. The van der Waals surface area contributed by atoms with Gasteiger partial charge in [0.1, 0.15) is 5.69 Å². The fourth-order valence-electron chi connectivity index (χ4n) is 3.38. The van der Waals surface area contributed by atoms with Gasteiger partial charge in [-0.3, -0.25) is 4.79 Å². The van der Waals surface area contributed by atoms with Crippen LogP contribution in [0.15, 0.2) is 72.9 Å². The van der Waals surface area contributed by atoms with Gasteiger partial charge in [-0.1, -0.05) is 69.3 Å². The van der Waals surface area contributed by atoms with Crippen molar-refractivity contribution in [3.63, 3.8) is 0 Å². The second kappa shape index (κ2) is 5.59. The number of carbonyl (C=O) groups is 1. The van der Waals surface area contributed by atoms with Gasteiger partial charge in [0.2, 0.25) is 5.78 Å². The maximum atomic E-state index is 13.3. The number of nitrogens with zero attached hydrogens (tertiary/aromatic N) is 1. The van der Waals surface area contributed by atoms with E-state index in [9.17, 15) is 4.79 Å². The van der Waals surface area contributed by atoms with E-state index < -0.39 is 0 Å². The van der Waals surface area contributed by atoms with Crippen LogP contribution in [0.1, 0.15) is 42.4 Å². The van der Waals surface area contributed by atoms with E-state index in [2.05, 4.69) is 45.0 Å². The van der Waals surface area contributed by atoms with E-state index in [4.69, 9.17) is 0 Å². The molecule has 0 aliphatic rings. The summed E-state index contributed by atoms with van der Waals surface area (Å²) in [5.74, 6) is 0.0582. The van der Waals surface area contributed by atoms with Crippen LogP contribution in [0.25, 0.3) is 16.3 Å². The first-order chi connectivity index (χ1) is 12.0. The smallest absolute Gasteiger partial charge is 0.210 e. The number of fused-ring (bicyclic) bond motifs is 3. The fourth-order valence-corrected chi connectivity index (χ4v) is 3.38. The van der Waals surface area contributed by atoms with Crippen molar-refractivity contribution in [2.24, 2.45) is 0 Å². The van der Waals surface area contributed by atoms with Crippen molar-refractivity contribution in [2.45, 2.75) is 26.2 Å². The molecule has 2 heterocycles. The number of carbonyl (C=O) groups excluding carboxylic acids is 1. The summed E-state index contributed by atoms with van der Waals surface area (Å²) in [6.45, 7) is 6.59. The van der Waals surface area contributed by atoms with Crippen LogP contribution in [0.2, 0.25) is 0 Å². The van der Waals surface area contributed by atoms with Crippen molar-refractivity contribution in [1.82, 2.24) is 4.40 Å². The Morgan fingerprint density at radius 2 is 1.56 bits per heavy atom. The highest BCUT2D eigenvalue weighted by Crippen LogP contribution is 2.33. The average Bonchev–Trinajstić information content (AvgIpc) is 2.95. The van der Waals surface area contributed by atoms with Crippen LogP contribution in [-0.2, 0) is 5.41 Å². The quantitative estimate of drug-likeness (QED) is 0.438. The van der Waals surface area contributed by atoms with Crippen LogP contribution >= 0.6 is 0 Å². The van der Waals surface area contributed by atoms with Crippen molar-refractivity contribution in [2.75, 3.05) is 0 Å². The zero-order chi connectivity index (χ0) is 17.6. The van der Waals surface area contributed by atoms with Gasteiger partial charge in [-0.2, -0.15) is 0 Å². The molecule has 0 N–H and O–H groups in total. The standard InChI is InChI=1S/C23H21NO/c1-23(2,3)17-12-13-18-19(15-17)21(24-14-8-7-11-20(18)24)22(25)16-9-5-4-6-10-16/h4-15H,1-3H3. The number of ketones is 1. The molecule has 0 bridgehead atoms. The second-order valence-corrected chi connectivity index (χ2v) is 7.51. The third kappa shape index (κ3) is 2.54. The Balaban J connectivity index is 2.07. The number of aromatic nitrogens is 1. The van der Waals surface area contributed by atoms with Crippen molar-refractivity contribution in [1.29, 1.82) is 0 Å². The lowest BCUT2D eigenvalue weighted by Crippen LogP contribution is -2.11. The summed E-state index contributed by atoms with van der Waals surface area (Å²) in [6, 6.07) is 22.1. The molecule has 0 spiro atoms. The molecular weight excluding hydrogens is 306 g/mol. The Kier molecular flexibility index (Phi) is 3.50. The molecule has 0 fully saturated rings. The largest absolute Gasteiger partial charge is 0.313 e. The van der Waals surface area contributed by atoms with Gasteiger partial charge < -0.3 is 4.40 Å². The molecule has 2 heteroatoms. The van der Waals surface area contributed by atoms with E-state index in [1.54, 1.807) is 0 Å². The van der Waals surface area contributed by atoms with Crippen LogP contribution in [0.5, 0.6) is 0 Å². The third-order valence-electron chi connectivity index (χ3n) is 4.77. The zero-order valence-electron chi connectivity index (χ0n) is 14.8. The van der Waals surface area contributed by atoms with Gasteiger partial charge in [0.25, 0.3) is 0 Å². The molecule has 0 saturated carbocycles. The molecule has 25 heavy (non-hydrogen) atoms. The number of hydrogen-bond donors (Lipinski definition) is 0. The normalized spacial score (nSPS) is 12.0. The molecule has 0 atom stereocenters. The molecule has 0 radical (unpaired) electrons. The molecule has 0 amide bonds. The van der Waals surface area contributed by atoms with Gasteiger partial charge in [0, 0.05) is 22.5 Å². The number of rotatable bonds is 2. The molecule has 2 aromatic heterocycles. The van der Waals surface area contributed by atoms with E-state index in [0.29, 0.717) is 5.56 Å². The highest BCUT2D eigenvalue weighted by molar-refractivity contribution is 6.19. The predicted molar refractivity (Wildman–Crippen MR) is 103 cm³/mol. The van der Waals surface area contributed by atoms with Crippen molar-refractivity contribution < 1.29 is 4.79 Å². The Bertz CT molecular complexity index is 1080.